The summed E-state index contributed by atoms with van der Waals surface area (Å²) in [6.07, 6.45) is 4.74. The fraction of sp³-hybridized carbons (Fsp3) is 0.909. The van der Waals surface area contributed by atoms with Crippen molar-refractivity contribution in [1.29, 1.82) is 0 Å². The zero-order chi connectivity index (χ0) is 11.1. The third-order valence-electron chi connectivity index (χ3n) is 2.83. The first-order valence-corrected chi connectivity index (χ1v) is 6.25. The standard InChI is InChI=1S/C11H22N2OS/c1-2-10-9-13(7-8-14-10)6-4-3-5-11(12)15/h10H,2-9H2,1H3,(H2,12,15). The van der Waals surface area contributed by atoms with Crippen LogP contribution in [0, 0.1) is 0 Å². The van der Waals surface area contributed by atoms with Gasteiger partial charge >= 0.3 is 0 Å². The molecule has 1 aliphatic rings. The summed E-state index contributed by atoms with van der Waals surface area (Å²) in [7, 11) is 0. The molecule has 1 atom stereocenters. The highest BCUT2D eigenvalue weighted by Gasteiger charge is 2.17. The number of morpholine rings is 1. The molecule has 0 spiro atoms. The fourth-order valence-corrected chi connectivity index (χ4v) is 2.01. The van der Waals surface area contributed by atoms with Gasteiger partial charge in [0, 0.05) is 13.1 Å². The van der Waals surface area contributed by atoms with Crippen LogP contribution in [0.2, 0.25) is 0 Å². The van der Waals surface area contributed by atoms with E-state index in [-0.39, 0.29) is 0 Å². The topological polar surface area (TPSA) is 38.5 Å². The zero-order valence-corrected chi connectivity index (χ0v) is 10.4. The van der Waals surface area contributed by atoms with Crippen LogP contribution < -0.4 is 5.73 Å². The van der Waals surface area contributed by atoms with Crippen LogP contribution >= 0.6 is 12.2 Å². The quantitative estimate of drug-likeness (QED) is 0.555. The van der Waals surface area contributed by atoms with Crippen LogP contribution in [0.5, 0.6) is 0 Å². The van der Waals surface area contributed by atoms with E-state index in [1.165, 1.54) is 6.42 Å². The predicted octanol–water partition coefficient (Wildman–Crippen LogP) is 1.55. The molecule has 3 nitrogen and oxygen atoms in total. The van der Waals surface area contributed by atoms with Gasteiger partial charge in [0.2, 0.25) is 0 Å². The lowest BCUT2D eigenvalue weighted by Crippen LogP contribution is -2.42. The Hall–Kier alpha value is -0.190. The molecule has 88 valence electrons. The van der Waals surface area contributed by atoms with Crippen molar-refractivity contribution in [3.05, 3.63) is 0 Å². The van der Waals surface area contributed by atoms with Crippen molar-refractivity contribution in [2.75, 3.05) is 26.2 Å². The number of ether oxygens (including phenoxy) is 1. The van der Waals surface area contributed by atoms with Crippen LogP contribution in [0.4, 0.5) is 0 Å². The highest BCUT2D eigenvalue weighted by Crippen LogP contribution is 2.09. The molecule has 0 aliphatic carbocycles. The summed E-state index contributed by atoms with van der Waals surface area (Å²) in [4.78, 5) is 3.13. The molecular formula is C11H22N2OS. The molecule has 1 heterocycles. The molecule has 2 N–H and O–H groups in total. The normalized spacial score (nSPS) is 22.9. The largest absolute Gasteiger partial charge is 0.393 e. The molecule has 15 heavy (non-hydrogen) atoms. The van der Waals surface area contributed by atoms with Gasteiger partial charge < -0.3 is 10.5 Å². The smallest absolute Gasteiger partial charge is 0.0727 e. The Labute approximate surface area is 98.0 Å². The summed E-state index contributed by atoms with van der Waals surface area (Å²) >= 11 is 4.85. The van der Waals surface area contributed by atoms with E-state index in [0.29, 0.717) is 11.1 Å². The van der Waals surface area contributed by atoms with Gasteiger partial charge in [-0.25, -0.2) is 0 Å². The minimum atomic E-state index is 0.439. The SMILES string of the molecule is CCC1CN(CCCCC(N)=S)CCO1. The maximum Gasteiger partial charge on any atom is 0.0727 e. The van der Waals surface area contributed by atoms with E-state index < -0.39 is 0 Å². The summed E-state index contributed by atoms with van der Waals surface area (Å²) < 4.78 is 5.62. The molecular weight excluding hydrogens is 208 g/mol. The number of thiocarbonyl (C=S) groups is 1. The lowest BCUT2D eigenvalue weighted by Gasteiger charge is -2.32. The van der Waals surface area contributed by atoms with Crippen molar-refractivity contribution in [1.82, 2.24) is 4.90 Å². The fourth-order valence-electron chi connectivity index (χ4n) is 1.87. The van der Waals surface area contributed by atoms with Gasteiger partial charge in [-0.2, -0.15) is 0 Å². The van der Waals surface area contributed by atoms with Crippen LogP contribution in [-0.4, -0.2) is 42.2 Å². The van der Waals surface area contributed by atoms with Gasteiger partial charge in [0.1, 0.15) is 0 Å². The number of rotatable bonds is 6. The van der Waals surface area contributed by atoms with Crippen molar-refractivity contribution in [3.63, 3.8) is 0 Å². The minimum Gasteiger partial charge on any atom is -0.393 e. The molecule has 0 amide bonds. The summed E-state index contributed by atoms with van der Waals surface area (Å²) in [6, 6.07) is 0. The Morgan fingerprint density at radius 3 is 3.00 bits per heavy atom. The van der Waals surface area contributed by atoms with Crippen molar-refractivity contribution >= 4 is 17.2 Å². The maximum absolute atomic E-state index is 5.62. The van der Waals surface area contributed by atoms with E-state index in [1.54, 1.807) is 0 Å². The van der Waals surface area contributed by atoms with Crippen molar-refractivity contribution < 1.29 is 4.74 Å². The third kappa shape index (κ3) is 5.44. The summed E-state index contributed by atoms with van der Waals surface area (Å²) in [6.45, 7) is 6.38. The summed E-state index contributed by atoms with van der Waals surface area (Å²) in [5, 5.41) is 0. The molecule has 1 saturated heterocycles. The molecule has 0 aromatic rings. The highest BCUT2D eigenvalue weighted by atomic mass is 32.1. The van der Waals surface area contributed by atoms with E-state index in [2.05, 4.69) is 11.8 Å². The molecule has 0 radical (unpaired) electrons. The molecule has 1 aliphatic heterocycles. The monoisotopic (exact) mass is 230 g/mol. The number of unbranched alkanes of at least 4 members (excludes halogenated alkanes) is 1. The molecule has 0 aromatic heterocycles. The van der Waals surface area contributed by atoms with Gasteiger partial charge in [-0.1, -0.05) is 19.1 Å². The highest BCUT2D eigenvalue weighted by molar-refractivity contribution is 7.80. The van der Waals surface area contributed by atoms with Crippen LogP contribution in [-0.2, 0) is 4.74 Å². The number of nitrogens with zero attached hydrogens (tertiary/aromatic N) is 1. The molecule has 4 heteroatoms. The Morgan fingerprint density at radius 1 is 1.53 bits per heavy atom. The van der Waals surface area contributed by atoms with Gasteiger partial charge in [0.25, 0.3) is 0 Å². The molecule has 0 saturated carbocycles. The van der Waals surface area contributed by atoms with E-state index in [1.807, 2.05) is 0 Å². The average molecular weight is 230 g/mol. The molecule has 1 unspecified atom stereocenters. The first-order valence-electron chi connectivity index (χ1n) is 5.84. The third-order valence-corrected chi connectivity index (χ3v) is 3.03. The Balaban J connectivity index is 2.07. The van der Waals surface area contributed by atoms with Crippen LogP contribution in [0.3, 0.4) is 0 Å². The van der Waals surface area contributed by atoms with Crippen molar-refractivity contribution in [2.24, 2.45) is 5.73 Å². The summed E-state index contributed by atoms with van der Waals surface area (Å²) in [5.74, 6) is 0. The predicted molar refractivity (Wildman–Crippen MR) is 67.1 cm³/mol. The van der Waals surface area contributed by atoms with Crippen LogP contribution in [0.25, 0.3) is 0 Å². The van der Waals surface area contributed by atoms with Crippen LogP contribution in [0.1, 0.15) is 32.6 Å². The number of hydrogen-bond donors (Lipinski definition) is 1. The van der Waals surface area contributed by atoms with Gasteiger partial charge in [0.15, 0.2) is 0 Å². The maximum atomic E-state index is 5.62. The van der Waals surface area contributed by atoms with Gasteiger partial charge in [-0.05, 0) is 32.2 Å². The molecule has 0 bridgehead atoms. The summed E-state index contributed by atoms with van der Waals surface area (Å²) in [5.41, 5.74) is 5.45. The lowest BCUT2D eigenvalue weighted by atomic mass is 10.2. The first-order chi connectivity index (χ1) is 7.22. The van der Waals surface area contributed by atoms with Crippen molar-refractivity contribution in [3.8, 4) is 0 Å². The van der Waals surface area contributed by atoms with E-state index in [0.717, 1.165) is 45.5 Å². The second-order valence-corrected chi connectivity index (χ2v) is 4.65. The molecule has 1 rings (SSSR count). The Kier molecular flexibility index (Phi) is 6.13. The van der Waals surface area contributed by atoms with E-state index in [4.69, 9.17) is 22.7 Å². The van der Waals surface area contributed by atoms with Crippen molar-refractivity contribution in [2.45, 2.75) is 38.7 Å². The average Bonchev–Trinajstić information content (AvgIpc) is 2.24. The minimum absolute atomic E-state index is 0.439. The van der Waals surface area contributed by atoms with E-state index >= 15 is 0 Å². The second kappa shape index (κ2) is 7.14. The van der Waals surface area contributed by atoms with Gasteiger partial charge in [0.05, 0.1) is 17.7 Å². The van der Waals surface area contributed by atoms with E-state index in [9.17, 15) is 0 Å². The van der Waals surface area contributed by atoms with Gasteiger partial charge in [-0.15, -0.1) is 0 Å². The van der Waals surface area contributed by atoms with Gasteiger partial charge in [-0.3, -0.25) is 4.90 Å². The first kappa shape index (κ1) is 12.9. The Morgan fingerprint density at radius 2 is 2.33 bits per heavy atom. The number of hydrogen-bond acceptors (Lipinski definition) is 3. The lowest BCUT2D eigenvalue weighted by molar-refractivity contribution is -0.0299. The van der Waals surface area contributed by atoms with Crippen LogP contribution in [0.15, 0.2) is 0 Å². The zero-order valence-electron chi connectivity index (χ0n) is 9.58. The number of nitrogens with two attached hydrogens (primary N) is 1. The molecule has 0 aromatic carbocycles. The molecule has 1 fully saturated rings. The Bertz CT molecular complexity index is 199. The second-order valence-electron chi connectivity index (χ2n) is 4.13.